The van der Waals surface area contributed by atoms with Gasteiger partial charge in [0.15, 0.2) is 0 Å². The first kappa shape index (κ1) is 18.0. The Kier molecular flexibility index (Phi) is 4.97. The van der Waals surface area contributed by atoms with E-state index < -0.39 is 5.63 Å². The second-order valence-electron chi connectivity index (χ2n) is 6.74. The number of fused-ring (bicyclic) bond motifs is 1. The highest BCUT2D eigenvalue weighted by molar-refractivity contribution is 5.92. The van der Waals surface area contributed by atoms with E-state index in [1.807, 2.05) is 13.0 Å². The van der Waals surface area contributed by atoms with Gasteiger partial charge in [-0.3, -0.25) is 4.79 Å². The van der Waals surface area contributed by atoms with E-state index in [9.17, 15) is 14.4 Å². The molecule has 0 saturated carbocycles. The summed E-state index contributed by atoms with van der Waals surface area (Å²) in [5.74, 6) is 0.0425. The molecule has 0 bridgehead atoms. The van der Waals surface area contributed by atoms with Crippen molar-refractivity contribution in [1.82, 2.24) is 9.80 Å². The quantitative estimate of drug-likeness (QED) is 0.838. The molecule has 0 spiro atoms. The lowest BCUT2D eigenvalue weighted by atomic mass is 10.0. The number of amides is 3. The van der Waals surface area contributed by atoms with Gasteiger partial charge in [-0.2, -0.15) is 0 Å². The zero-order valence-electron chi connectivity index (χ0n) is 15.2. The number of aryl methyl sites for hydroxylation is 1. The van der Waals surface area contributed by atoms with E-state index >= 15 is 0 Å². The van der Waals surface area contributed by atoms with E-state index in [4.69, 9.17) is 4.42 Å². The summed E-state index contributed by atoms with van der Waals surface area (Å²) in [6, 6.07) is 6.72. The van der Waals surface area contributed by atoms with Gasteiger partial charge in [0, 0.05) is 56.3 Å². The molecule has 1 fully saturated rings. The van der Waals surface area contributed by atoms with Crippen LogP contribution in [0.25, 0.3) is 11.0 Å². The molecule has 3 rings (SSSR count). The van der Waals surface area contributed by atoms with Crippen molar-refractivity contribution < 1.29 is 14.0 Å². The van der Waals surface area contributed by atoms with Crippen molar-refractivity contribution >= 4 is 28.6 Å². The predicted octanol–water partition coefficient (Wildman–Crippen LogP) is 2.58. The van der Waals surface area contributed by atoms with E-state index in [2.05, 4.69) is 5.32 Å². The largest absolute Gasteiger partial charge is 0.423 e. The summed E-state index contributed by atoms with van der Waals surface area (Å²) in [5, 5.41) is 3.70. The smallest absolute Gasteiger partial charge is 0.336 e. The molecular formula is C19H23N3O4. The second kappa shape index (κ2) is 7.19. The van der Waals surface area contributed by atoms with Crippen molar-refractivity contribution in [1.29, 1.82) is 0 Å². The molecule has 1 saturated heterocycles. The predicted molar refractivity (Wildman–Crippen MR) is 99.3 cm³/mol. The summed E-state index contributed by atoms with van der Waals surface area (Å²) in [5.41, 5.74) is 1.47. The highest BCUT2D eigenvalue weighted by Gasteiger charge is 2.26. The van der Waals surface area contributed by atoms with Gasteiger partial charge in [0.2, 0.25) is 5.91 Å². The highest BCUT2D eigenvalue weighted by Crippen LogP contribution is 2.22. The zero-order valence-corrected chi connectivity index (χ0v) is 15.2. The third kappa shape index (κ3) is 3.71. The molecule has 7 nitrogen and oxygen atoms in total. The van der Waals surface area contributed by atoms with Crippen LogP contribution in [0.15, 0.2) is 33.5 Å². The van der Waals surface area contributed by atoms with Gasteiger partial charge >= 0.3 is 11.7 Å². The number of benzene rings is 1. The van der Waals surface area contributed by atoms with Gasteiger partial charge in [-0.05, 0) is 37.5 Å². The molecule has 26 heavy (non-hydrogen) atoms. The Bertz CT molecular complexity index is 897. The summed E-state index contributed by atoms with van der Waals surface area (Å²) in [6.07, 6.45) is 1.52. The number of urea groups is 1. The molecule has 0 unspecified atom stereocenters. The topological polar surface area (TPSA) is 82.9 Å². The molecule has 1 aromatic carbocycles. The number of hydrogen-bond acceptors (Lipinski definition) is 4. The van der Waals surface area contributed by atoms with E-state index in [-0.39, 0.29) is 18.0 Å². The highest BCUT2D eigenvalue weighted by atomic mass is 16.4. The van der Waals surface area contributed by atoms with Crippen LogP contribution in [0.5, 0.6) is 0 Å². The van der Waals surface area contributed by atoms with Crippen molar-refractivity contribution in [3.8, 4) is 0 Å². The first-order valence-corrected chi connectivity index (χ1v) is 8.69. The van der Waals surface area contributed by atoms with Crippen molar-refractivity contribution in [2.45, 2.75) is 32.7 Å². The summed E-state index contributed by atoms with van der Waals surface area (Å²) >= 11 is 0. The normalized spacial score (nSPS) is 15.1. The molecule has 3 amide bonds. The Morgan fingerprint density at radius 3 is 2.58 bits per heavy atom. The second-order valence-corrected chi connectivity index (χ2v) is 6.74. The van der Waals surface area contributed by atoms with Gasteiger partial charge in [-0.1, -0.05) is 0 Å². The first-order valence-electron chi connectivity index (χ1n) is 8.69. The van der Waals surface area contributed by atoms with Crippen LogP contribution in [-0.4, -0.2) is 47.9 Å². The molecule has 2 heterocycles. The number of rotatable bonds is 2. The lowest BCUT2D eigenvalue weighted by molar-refractivity contribution is -0.130. The number of likely N-dealkylation sites (tertiary alicyclic amines) is 1. The average molecular weight is 357 g/mol. The lowest BCUT2D eigenvalue weighted by Gasteiger charge is -2.36. The molecule has 1 aromatic heterocycles. The fourth-order valence-corrected chi connectivity index (χ4v) is 3.32. The Morgan fingerprint density at radius 1 is 1.23 bits per heavy atom. The molecule has 7 heteroatoms. The molecule has 138 valence electrons. The monoisotopic (exact) mass is 357 g/mol. The van der Waals surface area contributed by atoms with Crippen LogP contribution in [0, 0.1) is 6.92 Å². The number of nitrogens with zero attached hydrogens (tertiary/aromatic N) is 2. The van der Waals surface area contributed by atoms with Gasteiger partial charge in [-0.15, -0.1) is 0 Å². The fraction of sp³-hybridized carbons (Fsp3) is 0.421. The Balaban J connectivity index is 1.66. The summed E-state index contributed by atoms with van der Waals surface area (Å²) in [4.78, 5) is 39.0. The number of carbonyl (C=O) groups excluding carboxylic acids is 2. The average Bonchev–Trinajstić information content (AvgIpc) is 2.60. The maximum Gasteiger partial charge on any atom is 0.336 e. The van der Waals surface area contributed by atoms with Crippen LogP contribution >= 0.6 is 0 Å². The SMILES string of the molecule is CC(=O)N(C)C1CCN(C(=O)Nc2ccc3c(C)cc(=O)oc3c2)CC1. The van der Waals surface area contributed by atoms with Crippen molar-refractivity contribution in [2.24, 2.45) is 0 Å². The fourth-order valence-electron chi connectivity index (χ4n) is 3.32. The van der Waals surface area contributed by atoms with Crippen LogP contribution in [0.4, 0.5) is 10.5 Å². The minimum atomic E-state index is -0.407. The number of piperidine rings is 1. The van der Waals surface area contributed by atoms with E-state index in [1.54, 1.807) is 35.9 Å². The summed E-state index contributed by atoms with van der Waals surface area (Å²) in [7, 11) is 1.80. The maximum absolute atomic E-state index is 12.5. The summed E-state index contributed by atoms with van der Waals surface area (Å²) in [6.45, 7) is 4.59. The zero-order chi connectivity index (χ0) is 18.8. The van der Waals surface area contributed by atoms with E-state index in [0.29, 0.717) is 24.4 Å². The molecular weight excluding hydrogens is 334 g/mol. The van der Waals surface area contributed by atoms with Gasteiger partial charge in [-0.25, -0.2) is 9.59 Å². The Hall–Kier alpha value is -2.83. The number of anilines is 1. The molecule has 1 N–H and O–H groups in total. The number of carbonyl (C=O) groups is 2. The van der Waals surface area contributed by atoms with Crippen LogP contribution in [0.2, 0.25) is 0 Å². The summed E-state index contributed by atoms with van der Waals surface area (Å²) < 4.78 is 5.22. The van der Waals surface area contributed by atoms with Gasteiger partial charge < -0.3 is 19.5 Å². The number of hydrogen-bond donors (Lipinski definition) is 1. The van der Waals surface area contributed by atoms with Gasteiger partial charge in [0.25, 0.3) is 0 Å². The maximum atomic E-state index is 12.5. The third-order valence-electron chi connectivity index (χ3n) is 5.00. The minimum Gasteiger partial charge on any atom is -0.423 e. The molecule has 0 aliphatic carbocycles. The third-order valence-corrected chi connectivity index (χ3v) is 5.00. The van der Waals surface area contributed by atoms with Gasteiger partial charge in [0.05, 0.1) is 0 Å². The van der Waals surface area contributed by atoms with Crippen molar-refractivity contribution in [3.63, 3.8) is 0 Å². The van der Waals surface area contributed by atoms with Crippen LogP contribution in [0.3, 0.4) is 0 Å². The Morgan fingerprint density at radius 2 is 1.92 bits per heavy atom. The van der Waals surface area contributed by atoms with E-state index in [1.165, 1.54) is 6.07 Å². The Labute approximate surface area is 151 Å². The molecule has 2 aromatic rings. The van der Waals surface area contributed by atoms with Crippen molar-refractivity contribution in [2.75, 3.05) is 25.5 Å². The standard InChI is InChI=1S/C19H23N3O4/c1-12-10-18(24)26-17-11-14(4-5-16(12)17)20-19(25)22-8-6-15(7-9-22)21(3)13(2)23/h4-5,10-11,15H,6-9H2,1-3H3,(H,20,25). The minimum absolute atomic E-state index is 0.0425. The molecule has 1 aliphatic rings. The molecule has 1 aliphatic heterocycles. The van der Waals surface area contributed by atoms with Crippen LogP contribution in [-0.2, 0) is 4.79 Å². The van der Waals surface area contributed by atoms with E-state index in [0.717, 1.165) is 23.8 Å². The molecule has 0 atom stereocenters. The molecule has 0 radical (unpaired) electrons. The van der Waals surface area contributed by atoms with Gasteiger partial charge in [0.1, 0.15) is 5.58 Å². The lowest BCUT2D eigenvalue weighted by Crippen LogP contribution is -2.47. The first-order chi connectivity index (χ1) is 12.3. The van der Waals surface area contributed by atoms with Crippen LogP contribution in [0.1, 0.15) is 25.3 Å². The number of nitrogens with one attached hydrogen (secondary N) is 1. The van der Waals surface area contributed by atoms with Crippen molar-refractivity contribution in [3.05, 3.63) is 40.2 Å². The van der Waals surface area contributed by atoms with Crippen LogP contribution < -0.4 is 10.9 Å².